The summed E-state index contributed by atoms with van der Waals surface area (Å²) in [6, 6.07) is 1.49. The highest BCUT2D eigenvalue weighted by molar-refractivity contribution is 6.01. The lowest BCUT2D eigenvalue weighted by molar-refractivity contribution is -0.0858. The van der Waals surface area contributed by atoms with Crippen molar-refractivity contribution in [3.8, 4) is 0 Å². The quantitative estimate of drug-likeness (QED) is 0.812. The minimum Gasteiger partial charge on any atom is -0.478 e. The number of rotatable bonds is 5. The fourth-order valence-corrected chi connectivity index (χ4v) is 1.39. The first-order chi connectivity index (χ1) is 8.71. The molecule has 1 aromatic rings. The van der Waals surface area contributed by atoms with Gasteiger partial charge in [-0.05, 0) is 12.1 Å². The Bertz CT molecular complexity index is 515. The Morgan fingerprint density at radius 1 is 1.16 bits per heavy atom. The molecular formula is C11H8F4O4. The first kappa shape index (κ1) is 14.9. The van der Waals surface area contributed by atoms with E-state index in [9.17, 15) is 27.2 Å². The summed E-state index contributed by atoms with van der Waals surface area (Å²) in [7, 11) is 0. The second-order valence-electron chi connectivity index (χ2n) is 3.62. The minimum atomic E-state index is -4.24. The second-order valence-corrected chi connectivity index (χ2v) is 3.62. The van der Waals surface area contributed by atoms with Crippen LogP contribution in [-0.4, -0.2) is 35.0 Å². The van der Waals surface area contributed by atoms with Crippen LogP contribution in [0.1, 0.15) is 26.3 Å². The van der Waals surface area contributed by atoms with Crippen molar-refractivity contribution >= 4 is 11.9 Å². The molecule has 0 spiro atoms. The van der Waals surface area contributed by atoms with Gasteiger partial charge in [-0.25, -0.2) is 18.4 Å². The van der Waals surface area contributed by atoms with Crippen LogP contribution in [0, 0.1) is 0 Å². The summed E-state index contributed by atoms with van der Waals surface area (Å²) in [5.74, 6) is -7.63. The van der Waals surface area contributed by atoms with Gasteiger partial charge in [-0.15, -0.1) is 0 Å². The van der Waals surface area contributed by atoms with Crippen LogP contribution in [0.15, 0.2) is 18.2 Å². The molecule has 1 unspecified atom stereocenters. The summed E-state index contributed by atoms with van der Waals surface area (Å²) < 4.78 is 51.5. The van der Waals surface area contributed by atoms with E-state index < -0.39 is 47.4 Å². The Labute approximate surface area is 104 Å². The molecule has 1 aromatic carbocycles. The van der Waals surface area contributed by atoms with E-state index in [2.05, 4.69) is 0 Å². The predicted octanol–water partition coefficient (Wildman–Crippen LogP) is 2.48. The van der Waals surface area contributed by atoms with Crippen molar-refractivity contribution in [3.63, 3.8) is 0 Å². The zero-order valence-corrected chi connectivity index (χ0v) is 9.24. The SMILES string of the molecule is O=C(O)c1ccc(C(F)(F)C(F)CF)cc1C(=O)O. The number of carboxylic acids is 2. The van der Waals surface area contributed by atoms with Gasteiger partial charge in [-0.1, -0.05) is 6.07 Å². The molecule has 1 rings (SSSR count). The topological polar surface area (TPSA) is 74.6 Å². The van der Waals surface area contributed by atoms with Crippen molar-refractivity contribution in [3.05, 3.63) is 34.9 Å². The fraction of sp³-hybridized carbons (Fsp3) is 0.273. The molecule has 0 fully saturated rings. The van der Waals surface area contributed by atoms with Gasteiger partial charge >= 0.3 is 17.9 Å². The standard InChI is InChI=1S/C11H8F4O4/c12-4-8(13)11(14,15)5-1-2-6(9(16)17)7(3-5)10(18)19/h1-3,8H,4H2,(H,16,17)(H,18,19). The molecule has 0 aliphatic carbocycles. The van der Waals surface area contributed by atoms with Crippen LogP contribution in [0.4, 0.5) is 17.6 Å². The van der Waals surface area contributed by atoms with Gasteiger partial charge in [0, 0.05) is 5.56 Å². The number of alkyl halides is 4. The highest BCUT2D eigenvalue weighted by Crippen LogP contribution is 2.35. The number of halogens is 4. The van der Waals surface area contributed by atoms with E-state index in [0.717, 1.165) is 0 Å². The number of hydrogen-bond acceptors (Lipinski definition) is 2. The van der Waals surface area contributed by atoms with E-state index in [-0.39, 0.29) is 0 Å². The molecule has 0 aromatic heterocycles. The zero-order chi connectivity index (χ0) is 14.8. The van der Waals surface area contributed by atoms with Crippen LogP contribution in [0.5, 0.6) is 0 Å². The third kappa shape index (κ3) is 2.83. The molecule has 0 bridgehead atoms. The first-order valence-corrected chi connectivity index (χ1v) is 4.90. The second kappa shape index (κ2) is 5.25. The summed E-state index contributed by atoms with van der Waals surface area (Å²) in [5, 5.41) is 17.4. The van der Waals surface area contributed by atoms with Crippen molar-refractivity contribution in [1.82, 2.24) is 0 Å². The molecule has 2 N–H and O–H groups in total. The lowest BCUT2D eigenvalue weighted by Gasteiger charge is -2.19. The summed E-state index contributed by atoms with van der Waals surface area (Å²) in [4.78, 5) is 21.5. The zero-order valence-electron chi connectivity index (χ0n) is 9.24. The van der Waals surface area contributed by atoms with Gasteiger partial charge in [-0.3, -0.25) is 0 Å². The molecule has 0 saturated heterocycles. The Morgan fingerprint density at radius 3 is 2.11 bits per heavy atom. The molecule has 1 atom stereocenters. The van der Waals surface area contributed by atoms with Crippen molar-refractivity contribution in [2.75, 3.05) is 6.67 Å². The summed E-state index contributed by atoms with van der Waals surface area (Å²) in [5.41, 5.74) is -2.74. The van der Waals surface area contributed by atoms with Crippen molar-refractivity contribution in [2.45, 2.75) is 12.1 Å². The van der Waals surface area contributed by atoms with E-state index in [4.69, 9.17) is 10.2 Å². The normalized spacial score (nSPS) is 13.1. The first-order valence-electron chi connectivity index (χ1n) is 4.90. The van der Waals surface area contributed by atoms with E-state index in [1.54, 1.807) is 0 Å². The number of aromatic carboxylic acids is 2. The van der Waals surface area contributed by atoms with Gasteiger partial charge in [0.15, 0.2) is 6.17 Å². The molecule has 0 radical (unpaired) electrons. The van der Waals surface area contributed by atoms with Crippen LogP contribution < -0.4 is 0 Å². The molecule has 0 aliphatic heterocycles. The molecule has 0 amide bonds. The summed E-state index contributed by atoms with van der Waals surface area (Å²) in [6.45, 7) is -1.95. The Balaban J connectivity index is 3.38. The van der Waals surface area contributed by atoms with Gasteiger partial charge in [-0.2, -0.15) is 8.78 Å². The van der Waals surface area contributed by atoms with Gasteiger partial charge in [0.2, 0.25) is 0 Å². The van der Waals surface area contributed by atoms with E-state index >= 15 is 0 Å². The minimum absolute atomic E-state index is 0.327. The maximum atomic E-state index is 13.4. The van der Waals surface area contributed by atoms with Crippen molar-refractivity contribution in [1.29, 1.82) is 0 Å². The highest BCUT2D eigenvalue weighted by atomic mass is 19.3. The highest BCUT2D eigenvalue weighted by Gasteiger charge is 2.42. The van der Waals surface area contributed by atoms with Crippen LogP contribution in [-0.2, 0) is 5.92 Å². The summed E-state index contributed by atoms with van der Waals surface area (Å²) in [6.07, 6.45) is -3.13. The van der Waals surface area contributed by atoms with Gasteiger partial charge in [0.25, 0.3) is 0 Å². The van der Waals surface area contributed by atoms with E-state index in [1.165, 1.54) is 0 Å². The number of benzene rings is 1. The summed E-state index contributed by atoms with van der Waals surface area (Å²) >= 11 is 0. The average Bonchev–Trinajstić information content (AvgIpc) is 2.36. The third-order valence-electron chi connectivity index (χ3n) is 2.39. The largest absolute Gasteiger partial charge is 0.478 e. The molecule has 8 heteroatoms. The van der Waals surface area contributed by atoms with Crippen molar-refractivity contribution in [2.24, 2.45) is 0 Å². The molecular weight excluding hydrogens is 272 g/mol. The number of hydrogen-bond donors (Lipinski definition) is 2. The number of carbonyl (C=O) groups is 2. The molecule has 4 nitrogen and oxygen atoms in total. The Morgan fingerprint density at radius 2 is 1.68 bits per heavy atom. The molecule has 104 valence electrons. The molecule has 0 aliphatic rings. The lowest BCUT2D eigenvalue weighted by atomic mass is 9.98. The fourth-order valence-electron chi connectivity index (χ4n) is 1.39. The molecule has 0 saturated carbocycles. The lowest BCUT2D eigenvalue weighted by Crippen LogP contribution is -2.29. The average molecular weight is 280 g/mol. The number of carboxylic acid groups (broad SMARTS) is 2. The Hall–Kier alpha value is -2.12. The predicted molar refractivity (Wildman–Crippen MR) is 55.1 cm³/mol. The Kier molecular flexibility index (Phi) is 4.13. The third-order valence-corrected chi connectivity index (χ3v) is 2.39. The maximum absolute atomic E-state index is 13.4. The van der Waals surface area contributed by atoms with Crippen LogP contribution in [0.3, 0.4) is 0 Å². The molecule has 19 heavy (non-hydrogen) atoms. The van der Waals surface area contributed by atoms with Crippen LogP contribution in [0.25, 0.3) is 0 Å². The van der Waals surface area contributed by atoms with Gasteiger partial charge in [0.05, 0.1) is 11.1 Å². The van der Waals surface area contributed by atoms with E-state index in [1.807, 2.05) is 0 Å². The van der Waals surface area contributed by atoms with Gasteiger partial charge in [0.1, 0.15) is 6.67 Å². The monoisotopic (exact) mass is 280 g/mol. The van der Waals surface area contributed by atoms with Crippen LogP contribution >= 0.6 is 0 Å². The van der Waals surface area contributed by atoms with E-state index in [0.29, 0.717) is 18.2 Å². The van der Waals surface area contributed by atoms with Gasteiger partial charge < -0.3 is 10.2 Å². The molecule has 0 heterocycles. The van der Waals surface area contributed by atoms with Crippen LogP contribution in [0.2, 0.25) is 0 Å². The maximum Gasteiger partial charge on any atom is 0.336 e. The van der Waals surface area contributed by atoms with Crippen molar-refractivity contribution < 1.29 is 37.4 Å². The smallest absolute Gasteiger partial charge is 0.336 e.